The topological polar surface area (TPSA) is 66.8 Å². The number of halogens is 2. The minimum Gasteiger partial charge on any atom is -0.465 e. The molecule has 1 saturated heterocycles. The lowest BCUT2D eigenvalue weighted by molar-refractivity contribution is -0.117. The number of β-amino-alcohol motifs (C(OH)–C–C–N with tert-alkyl or cyclic N) is 1. The first-order valence-electron chi connectivity index (χ1n) is 5.49. The van der Waals surface area contributed by atoms with E-state index in [-0.39, 0.29) is 24.2 Å². The Kier molecular flexibility index (Phi) is 3.48. The van der Waals surface area contributed by atoms with Gasteiger partial charge in [-0.2, -0.15) is 0 Å². The molecule has 0 bridgehead atoms. The fourth-order valence-corrected chi connectivity index (χ4v) is 1.95. The number of ether oxygens (including phenoxy) is 1. The molecular formula is C12H11F2NO4. The van der Waals surface area contributed by atoms with E-state index in [0.29, 0.717) is 6.07 Å². The molecule has 1 N–H and O–H groups in total. The van der Waals surface area contributed by atoms with E-state index in [9.17, 15) is 23.5 Å². The van der Waals surface area contributed by atoms with Gasteiger partial charge in [-0.05, 0) is 6.07 Å². The summed E-state index contributed by atoms with van der Waals surface area (Å²) < 4.78 is 30.9. The Morgan fingerprint density at radius 3 is 2.58 bits per heavy atom. The molecule has 1 aromatic carbocycles. The van der Waals surface area contributed by atoms with Crippen molar-refractivity contribution in [3.8, 4) is 0 Å². The standard InChI is InChI=1S/C12H11F2NO4/c1-19-12(18)7-3-8(13)9(14)4-10(7)15-5-6(16)2-11(15)17/h3-4,6,16H,2,5H2,1H3. The summed E-state index contributed by atoms with van der Waals surface area (Å²) in [4.78, 5) is 24.2. The van der Waals surface area contributed by atoms with Crippen molar-refractivity contribution in [1.29, 1.82) is 0 Å². The molecule has 1 heterocycles. The highest BCUT2D eigenvalue weighted by Gasteiger charge is 2.32. The summed E-state index contributed by atoms with van der Waals surface area (Å²) in [5.41, 5.74) is -0.365. The molecule has 2 rings (SSSR count). The molecule has 1 fully saturated rings. The van der Waals surface area contributed by atoms with E-state index in [1.807, 2.05) is 0 Å². The van der Waals surface area contributed by atoms with Crippen LogP contribution in [0.15, 0.2) is 12.1 Å². The Balaban J connectivity index is 2.52. The summed E-state index contributed by atoms with van der Waals surface area (Å²) in [6.45, 7) is -0.0755. The van der Waals surface area contributed by atoms with E-state index in [0.717, 1.165) is 18.1 Å². The summed E-state index contributed by atoms with van der Waals surface area (Å²) >= 11 is 0. The first kappa shape index (κ1) is 13.4. The largest absolute Gasteiger partial charge is 0.465 e. The molecule has 0 aliphatic carbocycles. The minimum absolute atomic E-state index is 0.0755. The molecule has 1 amide bonds. The number of amides is 1. The van der Waals surface area contributed by atoms with E-state index >= 15 is 0 Å². The van der Waals surface area contributed by atoms with Crippen molar-refractivity contribution in [2.45, 2.75) is 12.5 Å². The normalized spacial score (nSPS) is 18.8. The Bertz CT molecular complexity index is 547. The van der Waals surface area contributed by atoms with Crippen LogP contribution in [0, 0.1) is 11.6 Å². The molecule has 1 aliphatic heterocycles. The molecule has 19 heavy (non-hydrogen) atoms. The molecule has 102 valence electrons. The first-order chi connectivity index (χ1) is 8.93. The number of hydrogen-bond acceptors (Lipinski definition) is 4. The van der Waals surface area contributed by atoms with E-state index < -0.39 is 29.6 Å². The molecule has 0 aromatic heterocycles. The average Bonchev–Trinajstić information content (AvgIpc) is 2.70. The zero-order valence-electron chi connectivity index (χ0n) is 10.0. The predicted octanol–water partition coefficient (Wildman–Crippen LogP) is 0.849. The van der Waals surface area contributed by atoms with Gasteiger partial charge in [0.15, 0.2) is 11.6 Å². The van der Waals surface area contributed by atoms with Crippen LogP contribution in [0.1, 0.15) is 16.8 Å². The second-order valence-corrected chi connectivity index (χ2v) is 4.14. The maximum atomic E-state index is 13.3. The molecule has 1 aliphatic rings. The van der Waals surface area contributed by atoms with Gasteiger partial charge in [-0.3, -0.25) is 4.79 Å². The van der Waals surface area contributed by atoms with Gasteiger partial charge < -0.3 is 14.7 Å². The van der Waals surface area contributed by atoms with Crippen molar-refractivity contribution in [2.75, 3.05) is 18.6 Å². The second-order valence-electron chi connectivity index (χ2n) is 4.14. The Morgan fingerprint density at radius 2 is 2.05 bits per heavy atom. The third-order valence-corrected chi connectivity index (χ3v) is 2.84. The van der Waals surface area contributed by atoms with Crippen molar-refractivity contribution in [3.63, 3.8) is 0 Å². The van der Waals surface area contributed by atoms with Gasteiger partial charge >= 0.3 is 5.97 Å². The van der Waals surface area contributed by atoms with Crippen molar-refractivity contribution in [1.82, 2.24) is 0 Å². The molecule has 1 unspecified atom stereocenters. The molecule has 0 spiro atoms. The van der Waals surface area contributed by atoms with Crippen LogP contribution >= 0.6 is 0 Å². The van der Waals surface area contributed by atoms with Crippen LogP contribution in [0.2, 0.25) is 0 Å². The smallest absolute Gasteiger partial charge is 0.340 e. The number of benzene rings is 1. The number of hydrogen-bond donors (Lipinski definition) is 1. The first-order valence-corrected chi connectivity index (χ1v) is 5.49. The number of nitrogens with zero attached hydrogens (tertiary/aromatic N) is 1. The van der Waals surface area contributed by atoms with Gasteiger partial charge in [0.05, 0.1) is 37.4 Å². The quantitative estimate of drug-likeness (QED) is 0.810. The van der Waals surface area contributed by atoms with E-state index in [4.69, 9.17) is 0 Å². The fraction of sp³-hybridized carbons (Fsp3) is 0.333. The van der Waals surface area contributed by atoms with Crippen LogP contribution in [-0.2, 0) is 9.53 Å². The average molecular weight is 271 g/mol. The lowest BCUT2D eigenvalue weighted by Gasteiger charge is -2.19. The number of methoxy groups -OCH3 is 1. The Labute approximate surface area is 107 Å². The number of esters is 1. The zero-order valence-corrected chi connectivity index (χ0v) is 10.0. The Hall–Kier alpha value is -2.02. The molecule has 0 saturated carbocycles. The maximum absolute atomic E-state index is 13.3. The van der Waals surface area contributed by atoms with Crippen LogP contribution in [0.3, 0.4) is 0 Å². The summed E-state index contributed by atoms with van der Waals surface area (Å²) in [7, 11) is 1.09. The van der Waals surface area contributed by atoms with Gasteiger partial charge in [-0.15, -0.1) is 0 Å². The molecule has 0 radical (unpaired) electrons. The summed E-state index contributed by atoms with van der Waals surface area (Å²) in [5.74, 6) is -3.75. The number of aliphatic hydroxyl groups excluding tert-OH is 1. The summed E-state index contributed by atoms with van der Waals surface area (Å²) in [6.07, 6.45) is -1.02. The number of carbonyl (C=O) groups is 2. The number of anilines is 1. The molecular weight excluding hydrogens is 260 g/mol. The van der Waals surface area contributed by atoms with E-state index in [1.54, 1.807) is 0 Å². The van der Waals surface area contributed by atoms with Crippen molar-refractivity contribution < 1.29 is 28.2 Å². The number of carbonyl (C=O) groups excluding carboxylic acids is 2. The summed E-state index contributed by atoms with van der Waals surface area (Å²) in [5, 5.41) is 9.40. The maximum Gasteiger partial charge on any atom is 0.340 e. The third-order valence-electron chi connectivity index (χ3n) is 2.84. The molecule has 7 heteroatoms. The molecule has 1 aromatic rings. The van der Waals surface area contributed by atoms with Crippen molar-refractivity contribution in [3.05, 3.63) is 29.3 Å². The van der Waals surface area contributed by atoms with Crippen molar-refractivity contribution >= 4 is 17.6 Å². The highest BCUT2D eigenvalue weighted by molar-refractivity contribution is 6.03. The fourth-order valence-electron chi connectivity index (χ4n) is 1.95. The minimum atomic E-state index is -1.21. The zero-order chi connectivity index (χ0) is 14.2. The van der Waals surface area contributed by atoms with Crippen LogP contribution in [0.4, 0.5) is 14.5 Å². The van der Waals surface area contributed by atoms with Gasteiger partial charge in [0.25, 0.3) is 0 Å². The lowest BCUT2D eigenvalue weighted by Crippen LogP contribution is -2.27. The third kappa shape index (κ3) is 2.41. The van der Waals surface area contributed by atoms with Gasteiger partial charge in [-0.25, -0.2) is 13.6 Å². The van der Waals surface area contributed by atoms with Gasteiger partial charge in [0, 0.05) is 6.07 Å². The van der Waals surface area contributed by atoms with Crippen LogP contribution in [-0.4, -0.2) is 36.7 Å². The van der Waals surface area contributed by atoms with Crippen molar-refractivity contribution in [2.24, 2.45) is 0 Å². The second kappa shape index (κ2) is 4.93. The number of aliphatic hydroxyl groups is 1. The monoisotopic (exact) mass is 271 g/mol. The van der Waals surface area contributed by atoms with E-state index in [1.165, 1.54) is 0 Å². The Morgan fingerprint density at radius 1 is 1.42 bits per heavy atom. The molecule has 5 nitrogen and oxygen atoms in total. The highest BCUT2D eigenvalue weighted by atomic mass is 19.2. The lowest BCUT2D eigenvalue weighted by atomic mass is 10.1. The SMILES string of the molecule is COC(=O)c1cc(F)c(F)cc1N1CC(O)CC1=O. The van der Waals surface area contributed by atoms with Gasteiger partial charge in [-0.1, -0.05) is 0 Å². The number of rotatable bonds is 2. The predicted molar refractivity (Wildman–Crippen MR) is 60.7 cm³/mol. The summed E-state index contributed by atoms with van der Waals surface area (Å²) in [6, 6.07) is 1.42. The van der Waals surface area contributed by atoms with Crippen LogP contribution in [0.25, 0.3) is 0 Å². The van der Waals surface area contributed by atoms with Crippen LogP contribution in [0.5, 0.6) is 0 Å². The molecule has 1 atom stereocenters. The highest BCUT2D eigenvalue weighted by Crippen LogP contribution is 2.28. The van der Waals surface area contributed by atoms with Gasteiger partial charge in [0.1, 0.15) is 0 Å². The van der Waals surface area contributed by atoms with Gasteiger partial charge in [0.2, 0.25) is 5.91 Å². The van der Waals surface area contributed by atoms with E-state index in [2.05, 4.69) is 4.74 Å². The van der Waals surface area contributed by atoms with Crippen LogP contribution < -0.4 is 4.90 Å².